The Hall–Kier alpha value is -1.69. The van der Waals surface area contributed by atoms with E-state index in [4.69, 9.17) is 0 Å². The van der Waals surface area contributed by atoms with Crippen LogP contribution in [0, 0.1) is 13.8 Å². The van der Waals surface area contributed by atoms with Gasteiger partial charge >= 0.3 is 0 Å². The largest absolute Gasteiger partial charge is 0.390 e. The molecule has 0 unspecified atom stereocenters. The van der Waals surface area contributed by atoms with Crippen molar-refractivity contribution in [2.24, 2.45) is 0 Å². The molecule has 0 bridgehead atoms. The minimum absolute atomic E-state index is 0.285. The number of aryl methyl sites for hydroxylation is 2. The van der Waals surface area contributed by atoms with Crippen LogP contribution in [-0.2, 0) is 13.0 Å². The molecule has 0 aliphatic carbocycles. The Labute approximate surface area is 149 Å². The SMILES string of the molecule is Cc1cc(C)n(C2CN(C[C@H](O)CN3CCc4ccccc4C3)C2)n1. The maximum Gasteiger partial charge on any atom is 0.0793 e. The van der Waals surface area contributed by atoms with Gasteiger partial charge < -0.3 is 5.11 Å². The number of aliphatic hydroxyl groups excluding tert-OH is 1. The number of nitrogens with zero attached hydrogens (tertiary/aromatic N) is 4. The summed E-state index contributed by atoms with van der Waals surface area (Å²) >= 11 is 0. The Morgan fingerprint density at radius 3 is 2.56 bits per heavy atom. The van der Waals surface area contributed by atoms with Crippen LogP contribution in [0.1, 0.15) is 28.6 Å². The van der Waals surface area contributed by atoms with Crippen LogP contribution in [0.2, 0.25) is 0 Å². The lowest BCUT2D eigenvalue weighted by Gasteiger charge is -2.41. The minimum atomic E-state index is -0.285. The molecule has 134 valence electrons. The maximum absolute atomic E-state index is 10.5. The molecular weight excluding hydrogens is 312 g/mol. The van der Waals surface area contributed by atoms with Crippen LogP contribution >= 0.6 is 0 Å². The van der Waals surface area contributed by atoms with Gasteiger partial charge in [-0.05, 0) is 37.5 Å². The summed E-state index contributed by atoms with van der Waals surface area (Å²) in [5.74, 6) is 0. The molecule has 0 saturated carbocycles. The number of likely N-dealkylation sites (tertiary alicyclic amines) is 1. The van der Waals surface area contributed by atoms with E-state index < -0.39 is 0 Å². The standard InChI is InChI=1S/C20H28N4O/c1-15-9-16(2)24(21-15)19-11-23(12-19)14-20(25)13-22-8-7-17-5-3-4-6-18(17)10-22/h3-6,9,19-20,25H,7-8,10-14H2,1-2H3/t20-/m1/s1. The van der Waals surface area contributed by atoms with Crippen molar-refractivity contribution in [3.8, 4) is 0 Å². The summed E-state index contributed by atoms with van der Waals surface area (Å²) in [4.78, 5) is 4.72. The van der Waals surface area contributed by atoms with E-state index in [-0.39, 0.29) is 6.10 Å². The fourth-order valence-corrected chi connectivity index (χ4v) is 4.23. The predicted octanol–water partition coefficient (Wildman–Crippen LogP) is 1.78. The molecule has 2 aromatic rings. The summed E-state index contributed by atoms with van der Waals surface area (Å²) < 4.78 is 2.14. The Kier molecular flexibility index (Phi) is 4.63. The first kappa shape index (κ1) is 16.8. The molecule has 1 atom stereocenters. The summed E-state index contributed by atoms with van der Waals surface area (Å²) in [5, 5.41) is 15.1. The van der Waals surface area contributed by atoms with Crippen molar-refractivity contribution < 1.29 is 5.11 Å². The molecular formula is C20H28N4O. The summed E-state index contributed by atoms with van der Waals surface area (Å²) in [7, 11) is 0. The normalized spacial score (nSPS) is 20.3. The van der Waals surface area contributed by atoms with Crippen LogP contribution in [0.5, 0.6) is 0 Å². The lowest BCUT2D eigenvalue weighted by Crippen LogP contribution is -2.52. The van der Waals surface area contributed by atoms with E-state index in [9.17, 15) is 5.11 Å². The molecule has 25 heavy (non-hydrogen) atoms. The van der Waals surface area contributed by atoms with Crippen molar-refractivity contribution in [2.75, 3.05) is 32.7 Å². The average molecular weight is 340 g/mol. The van der Waals surface area contributed by atoms with Crippen molar-refractivity contribution >= 4 is 0 Å². The molecule has 1 aromatic carbocycles. The molecule has 0 amide bonds. The third-order valence-electron chi connectivity index (χ3n) is 5.48. The van der Waals surface area contributed by atoms with Crippen LogP contribution < -0.4 is 0 Å². The molecule has 4 rings (SSSR count). The molecule has 0 spiro atoms. The van der Waals surface area contributed by atoms with Crippen molar-refractivity contribution in [1.82, 2.24) is 19.6 Å². The molecule has 5 heteroatoms. The Bertz CT molecular complexity index is 735. The van der Waals surface area contributed by atoms with Gasteiger partial charge in [0.25, 0.3) is 0 Å². The highest BCUT2D eigenvalue weighted by Crippen LogP contribution is 2.23. The highest BCUT2D eigenvalue weighted by Gasteiger charge is 2.31. The monoisotopic (exact) mass is 340 g/mol. The van der Waals surface area contributed by atoms with Gasteiger partial charge in [-0.1, -0.05) is 24.3 Å². The third kappa shape index (κ3) is 3.64. The van der Waals surface area contributed by atoms with E-state index >= 15 is 0 Å². The van der Waals surface area contributed by atoms with Crippen molar-refractivity contribution in [1.29, 1.82) is 0 Å². The molecule has 1 saturated heterocycles. The number of aliphatic hydroxyl groups is 1. The van der Waals surface area contributed by atoms with Crippen LogP contribution in [0.25, 0.3) is 0 Å². The van der Waals surface area contributed by atoms with Gasteiger partial charge in [-0.15, -0.1) is 0 Å². The first-order chi connectivity index (χ1) is 12.1. The molecule has 3 heterocycles. The Balaban J connectivity index is 1.24. The Morgan fingerprint density at radius 2 is 1.84 bits per heavy atom. The number of β-amino-alcohol motifs (C(OH)–C–C–N with tert-alkyl or cyclic N) is 1. The first-order valence-electron chi connectivity index (χ1n) is 9.31. The third-order valence-corrected chi connectivity index (χ3v) is 5.48. The fraction of sp³-hybridized carbons (Fsp3) is 0.550. The average Bonchev–Trinajstić information content (AvgIpc) is 2.88. The zero-order chi connectivity index (χ0) is 17.4. The molecule has 2 aliphatic heterocycles. The van der Waals surface area contributed by atoms with E-state index in [1.807, 2.05) is 6.92 Å². The van der Waals surface area contributed by atoms with Crippen LogP contribution in [-0.4, -0.2) is 63.5 Å². The quantitative estimate of drug-likeness (QED) is 0.901. The van der Waals surface area contributed by atoms with Gasteiger partial charge in [0, 0.05) is 45.0 Å². The first-order valence-corrected chi connectivity index (χ1v) is 9.31. The second-order valence-electron chi connectivity index (χ2n) is 7.65. The van der Waals surface area contributed by atoms with Gasteiger partial charge in [0.15, 0.2) is 0 Å². The smallest absolute Gasteiger partial charge is 0.0793 e. The second-order valence-corrected chi connectivity index (χ2v) is 7.65. The number of hydrogen-bond acceptors (Lipinski definition) is 4. The van der Waals surface area contributed by atoms with Crippen LogP contribution in [0.15, 0.2) is 30.3 Å². The van der Waals surface area contributed by atoms with E-state index in [1.54, 1.807) is 0 Å². The highest BCUT2D eigenvalue weighted by molar-refractivity contribution is 5.29. The predicted molar refractivity (Wildman–Crippen MR) is 98.6 cm³/mol. The molecule has 1 fully saturated rings. The van der Waals surface area contributed by atoms with Crippen LogP contribution in [0.3, 0.4) is 0 Å². The van der Waals surface area contributed by atoms with Gasteiger partial charge in [-0.3, -0.25) is 14.5 Å². The van der Waals surface area contributed by atoms with Gasteiger partial charge in [-0.25, -0.2) is 0 Å². The van der Waals surface area contributed by atoms with Crippen molar-refractivity contribution in [3.63, 3.8) is 0 Å². The van der Waals surface area contributed by atoms with Gasteiger partial charge in [0.2, 0.25) is 0 Å². The number of aromatic nitrogens is 2. The zero-order valence-electron chi connectivity index (χ0n) is 15.2. The summed E-state index contributed by atoms with van der Waals surface area (Å²) in [6.07, 6.45) is 0.804. The Morgan fingerprint density at radius 1 is 1.12 bits per heavy atom. The molecule has 1 aromatic heterocycles. The summed E-state index contributed by atoms with van der Waals surface area (Å²) in [5.41, 5.74) is 5.19. The molecule has 5 nitrogen and oxygen atoms in total. The summed E-state index contributed by atoms with van der Waals surface area (Å²) in [6.45, 7) is 9.66. The number of fused-ring (bicyclic) bond motifs is 1. The maximum atomic E-state index is 10.5. The van der Waals surface area contributed by atoms with Crippen molar-refractivity contribution in [3.05, 3.63) is 52.8 Å². The minimum Gasteiger partial charge on any atom is -0.390 e. The second kappa shape index (κ2) is 6.90. The number of hydrogen-bond donors (Lipinski definition) is 1. The fourth-order valence-electron chi connectivity index (χ4n) is 4.23. The van der Waals surface area contributed by atoms with E-state index in [0.717, 1.165) is 51.4 Å². The number of benzene rings is 1. The number of rotatable bonds is 5. The van der Waals surface area contributed by atoms with E-state index in [0.29, 0.717) is 6.04 Å². The molecule has 0 radical (unpaired) electrons. The lowest BCUT2D eigenvalue weighted by atomic mass is 9.99. The summed E-state index contributed by atoms with van der Waals surface area (Å²) in [6, 6.07) is 11.3. The zero-order valence-corrected chi connectivity index (χ0v) is 15.2. The van der Waals surface area contributed by atoms with Gasteiger partial charge in [0.1, 0.15) is 0 Å². The van der Waals surface area contributed by atoms with Gasteiger partial charge in [-0.2, -0.15) is 5.10 Å². The van der Waals surface area contributed by atoms with Crippen LogP contribution in [0.4, 0.5) is 0 Å². The molecule has 1 N–H and O–H groups in total. The lowest BCUT2D eigenvalue weighted by molar-refractivity contribution is 0.0217. The van der Waals surface area contributed by atoms with E-state index in [2.05, 4.69) is 56.8 Å². The van der Waals surface area contributed by atoms with Crippen molar-refractivity contribution in [2.45, 2.75) is 39.0 Å². The topological polar surface area (TPSA) is 44.5 Å². The highest BCUT2D eigenvalue weighted by atomic mass is 16.3. The van der Waals surface area contributed by atoms with E-state index in [1.165, 1.54) is 16.8 Å². The van der Waals surface area contributed by atoms with Gasteiger partial charge in [0.05, 0.1) is 17.8 Å². The molecule has 2 aliphatic rings.